The van der Waals surface area contributed by atoms with Crippen LogP contribution in [0.15, 0.2) is 48.0 Å². The third-order valence-corrected chi connectivity index (χ3v) is 4.64. The maximum Gasteiger partial charge on any atom is 0.341 e. The summed E-state index contributed by atoms with van der Waals surface area (Å²) >= 11 is 17.1. The number of rotatable bonds is 5. The SMILES string of the molecule is O=C(O)COc1ccc(/C=C2/C(=O)NC(=S)N(c3ccc(Cl)cc3)C2=O)cc1Cl. The van der Waals surface area contributed by atoms with E-state index >= 15 is 0 Å². The van der Waals surface area contributed by atoms with Crippen molar-refractivity contribution in [1.29, 1.82) is 0 Å². The summed E-state index contributed by atoms with van der Waals surface area (Å²) in [7, 11) is 0. The molecule has 7 nitrogen and oxygen atoms in total. The fourth-order valence-corrected chi connectivity index (χ4v) is 3.16. The van der Waals surface area contributed by atoms with Gasteiger partial charge in [-0.15, -0.1) is 0 Å². The monoisotopic (exact) mass is 450 g/mol. The van der Waals surface area contributed by atoms with Crippen LogP contribution in [0, 0.1) is 0 Å². The van der Waals surface area contributed by atoms with Crippen molar-refractivity contribution >= 4 is 70.1 Å². The zero-order chi connectivity index (χ0) is 21.1. The molecule has 0 unspecified atom stereocenters. The second-order valence-electron chi connectivity index (χ2n) is 5.81. The second-order valence-corrected chi connectivity index (χ2v) is 7.04. The molecular weight excluding hydrogens is 439 g/mol. The van der Waals surface area contributed by atoms with Gasteiger partial charge in [-0.25, -0.2) is 4.79 Å². The molecule has 3 rings (SSSR count). The van der Waals surface area contributed by atoms with Gasteiger partial charge >= 0.3 is 5.97 Å². The maximum atomic E-state index is 12.9. The number of hydrogen-bond acceptors (Lipinski definition) is 5. The van der Waals surface area contributed by atoms with E-state index in [2.05, 4.69) is 5.32 Å². The summed E-state index contributed by atoms with van der Waals surface area (Å²) < 4.78 is 5.05. The lowest BCUT2D eigenvalue weighted by Gasteiger charge is -2.29. The molecule has 2 aromatic rings. The molecule has 0 aromatic heterocycles. The van der Waals surface area contributed by atoms with E-state index in [0.717, 1.165) is 0 Å². The molecule has 0 atom stereocenters. The summed E-state index contributed by atoms with van der Waals surface area (Å²) in [6.07, 6.45) is 1.36. The number of ether oxygens (including phenoxy) is 1. The second kappa shape index (κ2) is 8.60. The number of carboxylic acids is 1. The van der Waals surface area contributed by atoms with Crippen LogP contribution in [0.25, 0.3) is 6.08 Å². The number of nitrogens with zero attached hydrogens (tertiary/aromatic N) is 1. The number of carboxylic acid groups (broad SMARTS) is 1. The van der Waals surface area contributed by atoms with Gasteiger partial charge in [0.05, 0.1) is 10.7 Å². The smallest absolute Gasteiger partial charge is 0.341 e. The van der Waals surface area contributed by atoms with Gasteiger partial charge in [0, 0.05) is 5.02 Å². The van der Waals surface area contributed by atoms with Crippen molar-refractivity contribution in [3.63, 3.8) is 0 Å². The number of nitrogens with one attached hydrogen (secondary N) is 1. The molecule has 2 aromatic carbocycles. The molecule has 0 spiro atoms. The minimum Gasteiger partial charge on any atom is -0.480 e. The van der Waals surface area contributed by atoms with E-state index in [1.165, 1.54) is 29.2 Å². The van der Waals surface area contributed by atoms with Crippen LogP contribution in [-0.2, 0) is 14.4 Å². The van der Waals surface area contributed by atoms with Crippen molar-refractivity contribution in [2.45, 2.75) is 0 Å². The van der Waals surface area contributed by atoms with Crippen molar-refractivity contribution in [1.82, 2.24) is 5.32 Å². The third kappa shape index (κ3) is 4.73. The first kappa shape index (κ1) is 20.8. The number of carbonyl (C=O) groups is 3. The molecule has 1 aliphatic rings. The lowest BCUT2D eigenvalue weighted by atomic mass is 10.1. The van der Waals surface area contributed by atoms with Crippen molar-refractivity contribution in [3.8, 4) is 5.75 Å². The Morgan fingerprint density at radius 2 is 1.86 bits per heavy atom. The predicted octanol–water partition coefficient (Wildman–Crippen LogP) is 3.29. The Bertz CT molecular complexity index is 1050. The molecule has 1 saturated heterocycles. The normalized spacial score (nSPS) is 15.4. The standard InChI is InChI=1S/C19H12Cl2N2O5S/c20-11-2-4-12(5-3-11)23-18(27)13(17(26)22-19(23)29)7-10-1-6-15(14(21)8-10)28-9-16(24)25/h1-8H,9H2,(H,24,25)(H,22,26,29)/b13-7-. The number of anilines is 1. The Balaban J connectivity index is 1.91. The summed E-state index contributed by atoms with van der Waals surface area (Å²) in [5, 5.41) is 11.7. The molecule has 0 radical (unpaired) electrons. The molecule has 0 saturated carbocycles. The average molecular weight is 451 g/mol. The average Bonchev–Trinajstić information content (AvgIpc) is 2.65. The van der Waals surface area contributed by atoms with E-state index in [9.17, 15) is 14.4 Å². The van der Waals surface area contributed by atoms with E-state index in [1.807, 2.05) is 0 Å². The van der Waals surface area contributed by atoms with Gasteiger partial charge in [0.15, 0.2) is 11.7 Å². The van der Waals surface area contributed by atoms with Crippen molar-refractivity contribution in [2.75, 3.05) is 11.5 Å². The topological polar surface area (TPSA) is 95.9 Å². The van der Waals surface area contributed by atoms with E-state index in [-0.39, 0.29) is 21.5 Å². The third-order valence-electron chi connectivity index (χ3n) is 3.80. The Hall–Kier alpha value is -2.94. The van der Waals surface area contributed by atoms with Gasteiger partial charge in [-0.05, 0) is 60.3 Å². The first-order valence-corrected chi connectivity index (χ1v) is 9.24. The Kier molecular flexibility index (Phi) is 6.17. The summed E-state index contributed by atoms with van der Waals surface area (Å²) in [4.78, 5) is 37.0. The van der Waals surface area contributed by atoms with Gasteiger partial charge < -0.3 is 9.84 Å². The van der Waals surface area contributed by atoms with Crippen molar-refractivity contribution in [2.24, 2.45) is 0 Å². The van der Waals surface area contributed by atoms with E-state index in [4.69, 9.17) is 45.3 Å². The van der Waals surface area contributed by atoms with Crippen LogP contribution in [0.4, 0.5) is 5.69 Å². The first-order chi connectivity index (χ1) is 13.8. The highest BCUT2D eigenvalue weighted by atomic mass is 35.5. The molecule has 2 N–H and O–H groups in total. The van der Waals surface area contributed by atoms with Gasteiger partial charge in [0.2, 0.25) is 0 Å². The van der Waals surface area contributed by atoms with Crippen LogP contribution in [0.1, 0.15) is 5.56 Å². The number of thiocarbonyl (C=S) groups is 1. The summed E-state index contributed by atoms with van der Waals surface area (Å²) in [5.41, 5.74) is 0.745. The summed E-state index contributed by atoms with van der Waals surface area (Å²) in [6, 6.07) is 10.8. The number of aliphatic carboxylic acids is 1. The van der Waals surface area contributed by atoms with Crippen molar-refractivity contribution < 1.29 is 24.2 Å². The molecule has 2 amide bonds. The molecule has 148 valence electrons. The largest absolute Gasteiger partial charge is 0.480 e. The predicted molar refractivity (Wildman–Crippen MR) is 112 cm³/mol. The van der Waals surface area contributed by atoms with Crippen LogP contribution in [0.3, 0.4) is 0 Å². The summed E-state index contributed by atoms with van der Waals surface area (Å²) in [5.74, 6) is -2.23. The quantitative estimate of drug-likeness (QED) is 0.412. The van der Waals surface area contributed by atoms with Gasteiger partial charge in [-0.2, -0.15) is 0 Å². The van der Waals surface area contributed by atoms with Gasteiger partial charge in [-0.1, -0.05) is 29.3 Å². The highest BCUT2D eigenvalue weighted by Gasteiger charge is 2.34. The maximum absolute atomic E-state index is 12.9. The van der Waals surface area contributed by atoms with Crippen LogP contribution in [-0.4, -0.2) is 34.6 Å². The van der Waals surface area contributed by atoms with Crippen LogP contribution in [0.5, 0.6) is 5.75 Å². The molecule has 1 aliphatic heterocycles. The zero-order valence-electron chi connectivity index (χ0n) is 14.5. The minimum atomic E-state index is -1.14. The Morgan fingerprint density at radius 3 is 2.48 bits per heavy atom. The zero-order valence-corrected chi connectivity index (χ0v) is 16.8. The highest BCUT2D eigenvalue weighted by molar-refractivity contribution is 7.80. The lowest BCUT2D eigenvalue weighted by molar-refractivity contribution is -0.139. The van der Waals surface area contributed by atoms with Crippen LogP contribution < -0.4 is 15.0 Å². The molecular formula is C19H12Cl2N2O5S. The molecule has 10 heteroatoms. The fraction of sp³-hybridized carbons (Fsp3) is 0.0526. The van der Waals surface area contributed by atoms with E-state index in [1.54, 1.807) is 24.3 Å². The van der Waals surface area contributed by atoms with Crippen molar-refractivity contribution in [3.05, 3.63) is 63.6 Å². The Labute approximate surface area is 180 Å². The molecule has 1 fully saturated rings. The molecule has 0 aliphatic carbocycles. The van der Waals surface area contributed by atoms with Gasteiger partial charge in [0.1, 0.15) is 11.3 Å². The molecule has 0 bridgehead atoms. The summed E-state index contributed by atoms with van der Waals surface area (Å²) in [6.45, 7) is -0.547. The van der Waals surface area contributed by atoms with E-state index < -0.39 is 24.4 Å². The van der Waals surface area contributed by atoms with Crippen LogP contribution >= 0.6 is 35.4 Å². The lowest BCUT2D eigenvalue weighted by Crippen LogP contribution is -2.54. The van der Waals surface area contributed by atoms with E-state index in [0.29, 0.717) is 16.3 Å². The molecule has 1 heterocycles. The number of amides is 2. The van der Waals surface area contributed by atoms with Crippen LogP contribution in [0.2, 0.25) is 10.0 Å². The number of hydrogen-bond donors (Lipinski definition) is 2. The molecule has 29 heavy (non-hydrogen) atoms. The first-order valence-electron chi connectivity index (χ1n) is 8.07. The number of halogens is 2. The van der Waals surface area contributed by atoms with Gasteiger partial charge in [0.25, 0.3) is 11.8 Å². The number of carbonyl (C=O) groups excluding carboxylic acids is 2. The minimum absolute atomic E-state index is 0.0464. The fourth-order valence-electron chi connectivity index (χ4n) is 2.51. The van der Waals surface area contributed by atoms with Gasteiger partial charge in [-0.3, -0.25) is 19.8 Å². The Morgan fingerprint density at radius 1 is 1.17 bits per heavy atom. The number of benzene rings is 2. The highest BCUT2D eigenvalue weighted by Crippen LogP contribution is 2.28.